The van der Waals surface area contributed by atoms with Gasteiger partial charge in [0.15, 0.2) is 0 Å². The molecule has 6 heteroatoms. The third-order valence-electron chi connectivity index (χ3n) is 5.02. The van der Waals surface area contributed by atoms with E-state index in [0.29, 0.717) is 17.7 Å². The molecule has 0 radical (unpaired) electrons. The summed E-state index contributed by atoms with van der Waals surface area (Å²) in [5.74, 6) is 0.486. The van der Waals surface area contributed by atoms with Crippen molar-refractivity contribution in [1.82, 2.24) is 15.3 Å². The highest BCUT2D eigenvalue weighted by molar-refractivity contribution is 5.86. The van der Waals surface area contributed by atoms with Crippen LogP contribution in [0.1, 0.15) is 30.5 Å². The van der Waals surface area contributed by atoms with Crippen LogP contribution in [0.2, 0.25) is 0 Å². The van der Waals surface area contributed by atoms with Crippen molar-refractivity contribution in [3.8, 4) is 11.1 Å². The minimum absolute atomic E-state index is 0.350. The van der Waals surface area contributed by atoms with E-state index in [-0.39, 0.29) is 0 Å². The first-order chi connectivity index (χ1) is 14.1. The monoisotopic (exact) mass is 388 g/mol. The third-order valence-corrected chi connectivity index (χ3v) is 5.02. The van der Waals surface area contributed by atoms with Crippen LogP contribution in [0.3, 0.4) is 0 Å². The van der Waals surface area contributed by atoms with E-state index in [0.717, 1.165) is 22.9 Å². The molecule has 1 aromatic heterocycles. The zero-order valence-corrected chi connectivity index (χ0v) is 17.4. The molecule has 1 atom stereocenters. The summed E-state index contributed by atoms with van der Waals surface area (Å²) in [5, 5.41) is 7.44. The predicted octanol–water partition coefficient (Wildman–Crippen LogP) is 4.19. The van der Waals surface area contributed by atoms with Crippen molar-refractivity contribution < 1.29 is 0 Å². The van der Waals surface area contributed by atoms with Gasteiger partial charge in [0.05, 0.1) is 11.2 Å². The number of allylic oxidation sites excluding steroid dienone is 1. The first-order valence-corrected chi connectivity index (χ1v) is 9.75. The fourth-order valence-electron chi connectivity index (χ4n) is 3.42. The molecular weight excluding hydrogens is 360 g/mol. The van der Waals surface area contributed by atoms with Gasteiger partial charge in [-0.25, -0.2) is 9.97 Å². The number of aliphatic imine (C=N–C) groups is 1. The van der Waals surface area contributed by atoms with Gasteiger partial charge in [0.1, 0.15) is 0 Å². The van der Waals surface area contributed by atoms with Crippen LogP contribution < -0.4 is 16.4 Å². The number of nitrogens with two attached hydrogens (primary N) is 1. The molecule has 0 spiro atoms. The molecule has 150 valence electrons. The first kappa shape index (κ1) is 20.5. The lowest BCUT2D eigenvalue weighted by Gasteiger charge is -2.17. The number of hydrogen-bond donors (Lipinski definition) is 3. The van der Waals surface area contributed by atoms with Crippen molar-refractivity contribution in [3.63, 3.8) is 0 Å². The standard InChI is InChI=1S/C23H28N6/c1-5-21(26-4)17-7-6-15(2)20(11-17)16-8-9-22-18(10-16)13-27-23(29-22)28-19(12-24)14-25-3/h6-14,21,26H,5,24H2,1-4H3,(H,27,28,29). The molecule has 2 aromatic carbocycles. The van der Waals surface area contributed by atoms with E-state index in [9.17, 15) is 0 Å². The van der Waals surface area contributed by atoms with E-state index >= 15 is 0 Å². The van der Waals surface area contributed by atoms with Crippen LogP contribution in [0.4, 0.5) is 5.95 Å². The predicted molar refractivity (Wildman–Crippen MR) is 122 cm³/mol. The van der Waals surface area contributed by atoms with Gasteiger partial charge in [-0.05, 0) is 60.8 Å². The van der Waals surface area contributed by atoms with Gasteiger partial charge in [-0.15, -0.1) is 0 Å². The maximum Gasteiger partial charge on any atom is 0.227 e. The minimum Gasteiger partial charge on any atom is -0.403 e. The summed E-state index contributed by atoms with van der Waals surface area (Å²) in [7, 11) is 3.69. The number of nitrogens with one attached hydrogen (secondary N) is 2. The second-order valence-electron chi connectivity index (χ2n) is 6.93. The highest BCUT2D eigenvalue weighted by Crippen LogP contribution is 2.30. The molecule has 0 saturated heterocycles. The number of aromatic nitrogens is 2. The van der Waals surface area contributed by atoms with Gasteiger partial charge in [0.2, 0.25) is 5.95 Å². The van der Waals surface area contributed by atoms with Gasteiger partial charge in [-0.2, -0.15) is 0 Å². The number of hydrogen-bond acceptors (Lipinski definition) is 6. The molecule has 1 unspecified atom stereocenters. The maximum atomic E-state index is 5.60. The Morgan fingerprint density at radius 2 is 2.07 bits per heavy atom. The normalized spacial score (nSPS) is 13.2. The molecule has 6 nitrogen and oxygen atoms in total. The number of fused-ring (bicyclic) bond motifs is 1. The molecule has 3 aromatic rings. The number of benzene rings is 2. The van der Waals surface area contributed by atoms with Crippen molar-refractivity contribution >= 4 is 23.1 Å². The van der Waals surface area contributed by atoms with Crippen LogP contribution in [0, 0.1) is 6.92 Å². The molecule has 3 rings (SSSR count). The number of aryl methyl sites for hydroxylation is 1. The van der Waals surface area contributed by atoms with Crippen LogP contribution in [0.5, 0.6) is 0 Å². The Bertz CT molecular complexity index is 1050. The molecule has 0 aliphatic rings. The van der Waals surface area contributed by atoms with Gasteiger partial charge in [0, 0.05) is 37.1 Å². The zero-order valence-electron chi connectivity index (χ0n) is 17.4. The Morgan fingerprint density at radius 1 is 1.24 bits per heavy atom. The van der Waals surface area contributed by atoms with Crippen LogP contribution in [-0.2, 0) is 0 Å². The summed E-state index contributed by atoms with van der Waals surface area (Å²) in [6.07, 6.45) is 5.94. The molecule has 0 bridgehead atoms. The van der Waals surface area contributed by atoms with E-state index in [1.54, 1.807) is 13.3 Å². The van der Waals surface area contributed by atoms with E-state index in [2.05, 4.69) is 69.8 Å². The largest absolute Gasteiger partial charge is 0.403 e. The van der Waals surface area contributed by atoms with Gasteiger partial charge < -0.3 is 16.4 Å². The zero-order chi connectivity index (χ0) is 20.8. The molecular formula is C23H28N6. The lowest BCUT2D eigenvalue weighted by molar-refractivity contribution is 0.577. The molecule has 1 heterocycles. The Morgan fingerprint density at radius 3 is 2.76 bits per heavy atom. The van der Waals surface area contributed by atoms with Crippen molar-refractivity contribution in [2.24, 2.45) is 10.7 Å². The van der Waals surface area contributed by atoms with Crippen LogP contribution in [0.25, 0.3) is 22.0 Å². The lowest BCUT2D eigenvalue weighted by Crippen LogP contribution is -2.15. The molecule has 0 fully saturated rings. The highest BCUT2D eigenvalue weighted by atomic mass is 15.1. The number of anilines is 1. The fraction of sp³-hybridized carbons (Fsp3) is 0.261. The SMILES string of the molecule is CCC(NC)c1ccc(C)c(-c2ccc3nc(NC(C=NC)=CN)ncc3c2)c1. The summed E-state index contributed by atoms with van der Waals surface area (Å²) in [6, 6.07) is 13.3. The van der Waals surface area contributed by atoms with Gasteiger partial charge in [-0.1, -0.05) is 25.1 Å². The Labute approximate surface area is 172 Å². The van der Waals surface area contributed by atoms with E-state index < -0.39 is 0 Å². The molecule has 4 N–H and O–H groups in total. The summed E-state index contributed by atoms with van der Waals surface area (Å²) in [4.78, 5) is 13.0. The lowest BCUT2D eigenvalue weighted by atomic mass is 9.94. The van der Waals surface area contributed by atoms with Crippen molar-refractivity contribution in [2.45, 2.75) is 26.3 Å². The summed E-state index contributed by atoms with van der Waals surface area (Å²) < 4.78 is 0. The second kappa shape index (κ2) is 9.30. The molecule has 0 saturated carbocycles. The summed E-state index contributed by atoms with van der Waals surface area (Å²) in [6.45, 7) is 4.33. The van der Waals surface area contributed by atoms with E-state index in [1.165, 1.54) is 22.9 Å². The average molecular weight is 389 g/mol. The fourth-order valence-corrected chi connectivity index (χ4v) is 3.42. The third kappa shape index (κ3) is 4.60. The van der Waals surface area contributed by atoms with Gasteiger partial charge >= 0.3 is 0 Å². The van der Waals surface area contributed by atoms with Crippen LogP contribution >= 0.6 is 0 Å². The summed E-state index contributed by atoms with van der Waals surface area (Å²) in [5.41, 5.74) is 12.0. The summed E-state index contributed by atoms with van der Waals surface area (Å²) >= 11 is 0. The average Bonchev–Trinajstić information content (AvgIpc) is 2.75. The van der Waals surface area contributed by atoms with Crippen molar-refractivity contribution in [1.29, 1.82) is 0 Å². The Kier molecular flexibility index (Phi) is 6.57. The van der Waals surface area contributed by atoms with E-state index in [1.807, 2.05) is 19.3 Å². The Hall–Kier alpha value is -3.25. The van der Waals surface area contributed by atoms with Crippen molar-refractivity contribution in [2.75, 3.05) is 19.4 Å². The maximum absolute atomic E-state index is 5.60. The highest BCUT2D eigenvalue weighted by Gasteiger charge is 2.11. The van der Waals surface area contributed by atoms with Crippen molar-refractivity contribution in [3.05, 3.63) is 65.6 Å². The molecule has 29 heavy (non-hydrogen) atoms. The quantitative estimate of drug-likeness (QED) is 0.528. The number of rotatable bonds is 7. The number of nitrogens with zero attached hydrogens (tertiary/aromatic N) is 3. The molecule has 0 aliphatic heterocycles. The Balaban J connectivity index is 1.96. The minimum atomic E-state index is 0.350. The second-order valence-corrected chi connectivity index (χ2v) is 6.93. The molecule has 0 aliphatic carbocycles. The van der Waals surface area contributed by atoms with Gasteiger partial charge in [-0.3, -0.25) is 4.99 Å². The topological polar surface area (TPSA) is 88.2 Å². The molecule has 0 amide bonds. The first-order valence-electron chi connectivity index (χ1n) is 9.75. The van der Waals surface area contributed by atoms with Gasteiger partial charge in [0.25, 0.3) is 0 Å². The smallest absolute Gasteiger partial charge is 0.227 e. The van der Waals surface area contributed by atoms with Crippen LogP contribution in [0.15, 0.2) is 59.5 Å². The van der Waals surface area contributed by atoms with Crippen LogP contribution in [-0.4, -0.2) is 30.3 Å². The van der Waals surface area contributed by atoms with E-state index in [4.69, 9.17) is 5.73 Å².